The van der Waals surface area contributed by atoms with Gasteiger partial charge in [-0.15, -0.1) is 0 Å². The molecule has 1 amide bonds. The third-order valence-electron chi connectivity index (χ3n) is 9.67. The summed E-state index contributed by atoms with van der Waals surface area (Å²) in [5.74, 6) is -1.29. The minimum absolute atomic E-state index is 0.00743. The van der Waals surface area contributed by atoms with E-state index in [4.69, 9.17) is 9.47 Å². The monoisotopic (exact) mass is 651 g/mol. The van der Waals surface area contributed by atoms with Gasteiger partial charge in [-0.25, -0.2) is 0 Å². The van der Waals surface area contributed by atoms with Crippen molar-refractivity contribution < 1.29 is 44.5 Å². The number of rotatable bonds is 4. The van der Waals surface area contributed by atoms with Crippen LogP contribution in [-0.2, 0) is 21.6 Å². The van der Waals surface area contributed by atoms with E-state index in [1.54, 1.807) is 7.11 Å². The topological polar surface area (TPSA) is 50.8 Å². The molecule has 1 spiro atoms. The van der Waals surface area contributed by atoms with E-state index in [1.807, 2.05) is 18.2 Å². The van der Waals surface area contributed by atoms with E-state index >= 15 is 0 Å². The van der Waals surface area contributed by atoms with Crippen LogP contribution in [0.4, 0.5) is 8.78 Å². The number of piperidine rings is 1. The molecule has 0 aromatic heterocycles. The molecule has 39 heavy (non-hydrogen) atoms. The van der Waals surface area contributed by atoms with Crippen molar-refractivity contribution in [2.45, 2.75) is 68.4 Å². The molecule has 1 saturated carbocycles. The van der Waals surface area contributed by atoms with Crippen LogP contribution in [0.2, 0.25) is 0 Å². The molecule has 4 atom stereocenters. The first-order valence-corrected chi connectivity index (χ1v) is 16.8. The van der Waals surface area contributed by atoms with E-state index < -0.39 is 11.3 Å². The van der Waals surface area contributed by atoms with E-state index in [1.165, 1.54) is 5.56 Å². The third-order valence-corrected chi connectivity index (χ3v) is 11.9. The van der Waals surface area contributed by atoms with Gasteiger partial charge in [0, 0.05) is 0 Å². The summed E-state index contributed by atoms with van der Waals surface area (Å²) < 4.78 is 44.7. The summed E-state index contributed by atoms with van der Waals surface area (Å²) in [6, 6.07) is 16.6. The Morgan fingerprint density at radius 3 is 2.67 bits per heavy atom. The Hall–Kier alpha value is -1.78. The average Bonchev–Trinajstić information content (AvgIpc) is 2.97. The van der Waals surface area contributed by atoms with Crippen molar-refractivity contribution >= 4 is 5.91 Å². The first kappa shape index (κ1) is 27.4. The summed E-state index contributed by atoms with van der Waals surface area (Å²) in [7, 11) is 1.68. The van der Waals surface area contributed by atoms with Crippen LogP contribution in [0, 0.1) is 11.8 Å². The van der Waals surface area contributed by atoms with Crippen LogP contribution in [0.15, 0.2) is 48.5 Å². The first-order valence-electron chi connectivity index (χ1n) is 14.2. The van der Waals surface area contributed by atoms with E-state index in [9.17, 15) is 13.6 Å². The van der Waals surface area contributed by atoms with Gasteiger partial charge < -0.3 is 0 Å². The van der Waals surface area contributed by atoms with Gasteiger partial charge in [0.2, 0.25) is 0 Å². The number of nitrogens with one attached hydrogen (secondary N) is 1. The van der Waals surface area contributed by atoms with Gasteiger partial charge in [0.1, 0.15) is 0 Å². The molecule has 5 nitrogen and oxygen atoms in total. The molecule has 2 saturated heterocycles. The number of fused-ring (bicyclic) bond motifs is 2. The summed E-state index contributed by atoms with van der Waals surface area (Å²) in [6.07, 6.45) is 2.57. The summed E-state index contributed by atoms with van der Waals surface area (Å²) in [4.78, 5) is 16.8. The van der Waals surface area contributed by atoms with Crippen molar-refractivity contribution in [1.82, 2.24) is 8.43 Å². The van der Waals surface area contributed by atoms with Gasteiger partial charge in [-0.1, -0.05) is 0 Å². The summed E-state index contributed by atoms with van der Waals surface area (Å²) in [6.45, 7) is 2.39. The number of methoxy groups -OCH3 is 1. The Balaban J connectivity index is 1.32. The summed E-state index contributed by atoms with van der Waals surface area (Å²) >= 11 is -0.309. The van der Waals surface area contributed by atoms with Gasteiger partial charge in [-0.05, 0) is 0 Å². The van der Waals surface area contributed by atoms with E-state index in [0.29, 0.717) is 38.5 Å². The van der Waals surface area contributed by atoms with Crippen LogP contribution in [0.3, 0.4) is 0 Å². The standard InChI is InChI=1S/C31H38F2IN2O3/c1-38-28-9-5-8-25-24(28)18-39-20-30(25)19-35-34-17-26(30)29(37)36-15-12-23(21-6-3-2-4-7-21)16-27(36)22-10-13-31(32,33)14-11-22/h2-9,22-23,26-27,35H,10-20H2,1H3/q-1/t23-,26+,27+,30-/m1/s1. The zero-order valence-electron chi connectivity index (χ0n) is 22.5. The van der Waals surface area contributed by atoms with E-state index in [2.05, 4.69) is 38.8 Å². The number of benzene rings is 2. The fraction of sp³-hybridized carbons (Fsp3) is 0.581. The van der Waals surface area contributed by atoms with Gasteiger partial charge in [0.05, 0.1) is 0 Å². The van der Waals surface area contributed by atoms with Crippen molar-refractivity contribution in [3.63, 3.8) is 0 Å². The normalized spacial score (nSPS) is 31.3. The number of likely N-dealkylation sites (tertiary alicyclic amines) is 1. The molecule has 212 valence electrons. The van der Waals surface area contributed by atoms with Gasteiger partial charge in [0.15, 0.2) is 0 Å². The molecule has 4 aliphatic rings. The fourth-order valence-corrected chi connectivity index (χ4v) is 10.4. The van der Waals surface area contributed by atoms with Gasteiger partial charge in [-0.2, -0.15) is 0 Å². The minimum atomic E-state index is -2.58. The number of nitrogens with zero attached hydrogens (tertiary/aromatic N) is 1. The van der Waals surface area contributed by atoms with E-state index in [-0.39, 0.29) is 58.1 Å². The quantitative estimate of drug-likeness (QED) is 0.314. The molecule has 6 rings (SSSR count). The molecule has 8 heteroatoms. The Morgan fingerprint density at radius 1 is 1.10 bits per heavy atom. The molecule has 0 unspecified atom stereocenters. The van der Waals surface area contributed by atoms with Crippen LogP contribution >= 0.6 is 0 Å². The number of alkyl halides is 3. The Labute approximate surface area is 240 Å². The molecule has 3 aliphatic heterocycles. The molecule has 3 fully saturated rings. The number of halogens is 3. The van der Waals surface area contributed by atoms with E-state index in [0.717, 1.165) is 40.7 Å². The van der Waals surface area contributed by atoms with Crippen molar-refractivity contribution in [2.24, 2.45) is 11.8 Å². The molecule has 0 radical (unpaired) electrons. The number of hydrogen-bond acceptors (Lipinski definition) is 4. The Kier molecular flexibility index (Phi) is 7.90. The third kappa shape index (κ3) is 5.21. The van der Waals surface area contributed by atoms with Crippen molar-refractivity contribution in [2.75, 3.05) is 31.2 Å². The zero-order valence-corrected chi connectivity index (χ0v) is 24.7. The average molecular weight is 652 g/mol. The maximum atomic E-state index is 14.7. The molecule has 2 aromatic rings. The van der Waals surface area contributed by atoms with Crippen molar-refractivity contribution in [3.8, 4) is 5.75 Å². The maximum absolute atomic E-state index is 14.7. The van der Waals surface area contributed by atoms with Crippen LogP contribution in [0.1, 0.15) is 61.1 Å². The van der Waals surface area contributed by atoms with Gasteiger partial charge in [-0.3, -0.25) is 0 Å². The second kappa shape index (κ2) is 11.2. The fourth-order valence-electron chi connectivity index (χ4n) is 7.48. The second-order valence-corrected chi connectivity index (χ2v) is 14.1. The van der Waals surface area contributed by atoms with Crippen LogP contribution in [0.25, 0.3) is 0 Å². The predicted molar refractivity (Wildman–Crippen MR) is 142 cm³/mol. The molecule has 1 N–H and O–H groups in total. The Bertz CT molecular complexity index is 1170. The summed E-state index contributed by atoms with van der Waals surface area (Å²) in [5.41, 5.74) is 3.05. The van der Waals surface area contributed by atoms with Crippen LogP contribution in [-0.4, -0.2) is 54.0 Å². The number of carbonyl (C=O) groups is 1. The molecule has 0 bridgehead atoms. The summed E-state index contributed by atoms with van der Waals surface area (Å²) in [5, 5.41) is 0. The van der Waals surface area contributed by atoms with Gasteiger partial charge in [0.25, 0.3) is 0 Å². The van der Waals surface area contributed by atoms with Gasteiger partial charge >= 0.3 is 241 Å². The van der Waals surface area contributed by atoms with Crippen LogP contribution < -0.4 is 29.7 Å². The van der Waals surface area contributed by atoms with Crippen LogP contribution in [0.5, 0.6) is 5.75 Å². The number of amides is 1. The number of carbonyl (C=O) groups excluding carboxylic acids is 1. The van der Waals surface area contributed by atoms with Crippen molar-refractivity contribution in [3.05, 3.63) is 65.2 Å². The predicted octanol–water partition coefficient (Wildman–Crippen LogP) is 2.29. The molecule has 3 heterocycles. The molecular formula is C31H38F2IN2O3-. The SMILES string of the molecule is COc1cccc2c1COC[C@]21CN[I-]C[C@H]1C(=O)N1CC[C@@H](c2ccccc2)C[C@H]1C1CCC(F)(F)CC1. The van der Waals surface area contributed by atoms with Crippen molar-refractivity contribution in [1.29, 1.82) is 0 Å². The molecular weight excluding hydrogens is 613 g/mol. The molecule has 1 aliphatic carbocycles. The second-order valence-electron chi connectivity index (χ2n) is 11.7. The zero-order chi connectivity index (χ0) is 27.0. The Morgan fingerprint density at radius 2 is 1.90 bits per heavy atom. The molecule has 2 aromatic carbocycles. The number of hydrogen-bond donors (Lipinski definition) is 1. The first-order chi connectivity index (χ1) is 18.9. The number of ether oxygens (including phenoxy) is 2.